The fourth-order valence-electron chi connectivity index (χ4n) is 2.30. The number of aromatic nitrogens is 2. The lowest BCUT2D eigenvalue weighted by Gasteiger charge is -2.19. The molecule has 0 saturated carbocycles. The quantitative estimate of drug-likeness (QED) is 0.854. The lowest BCUT2D eigenvalue weighted by molar-refractivity contribution is -0.138. The van der Waals surface area contributed by atoms with Crippen molar-refractivity contribution in [3.8, 4) is 0 Å². The van der Waals surface area contributed by atoms with Crippen molar-refractivity contribution in [1.82, 2.24) is 19.9 Å². The van der Waals surface area contributed by atoms with Gasteiger partial charge in [0.05, 0.1) is 13.1 Å². The molecular weight excluding hydrogens is 260 g/mol. The Morgan fingerprint density at radius 2 is 2.00 bits per heavy atom. The van der Waals surface area contributed by atoms with Gasteiger partial charge in [0, 0.05) is 25.6 Å². The first kappa shape index (κ1) is 14.9. The van der Waals surface area contributed by atoms with Crippen LogP contribution in [0.3, 0.4) is 0 Å². The molecule has 112 valence electrons. The topological polar surface area (TPSA) is 82.7 Å². The van der Waals surface area contributed by atoms with Crippen LogP contribution < -0.4 is 0 Å². The molecule has 2 rings (SSSR count). The van der Waals surface area contributed by atoms with Gasteiger partial charge in [-0.05, 0) is 13.0 Å². The summed E-state index contributed by atoms with van der Waals surface area (Å²) in [7, 11) is 0. The molecular formula is C13H22N4O3. The maximum absolute atomic E-state index is 10.7. The summed E-state index contributed by atoms with van der Waals surface area (Å²) < 4.78 is 5.20. The monoisotopic (exact) mass is 282 g/mol. The van der Waals surface area contributed by atoms with Gasteiger partial charge >= 0.3 is 5.97 Å². The highest BCUT2D eigenvalue weighted by atomic mass is 16.5. The van der Waals surface area contributed by atoms with Crippen molar-refractivity contribution >= 4 is 5.97 Å². The van der Waals surface area contributed by atoms with Crippen molar-refractivity contribution in [1.29, 1.82) is 0 Å². The predicted octanol–water partition coefficient (Wildman–Crippen LogP) is 0.785. The number of hydrogen-bond donors (Lipinski definition) is 1. The molecule has 1 aliphatic heterocycles. The second-order valence-electron chi connectivity index (χ2n) is 5.50. The Morgan fingerprint density at radius 3 is 2.65 bits per heavy atom. The van der Waals surface area contributed by atoms with E-state index in [0.29, 0.717) is 18.3 Å². The minimum atomic E-state index is -0.766. The average Bonchev–Trinajstić information content (AvgIpc) is 2.73. The molecule has 0 amide bonds. The average molecular weight is 282 g/mol. The zero-order valence-corrected chi connectivity index (χ0v) is 12.1. The number of carboxylic acids is 1. The number of carbonyl (C=O) groups is 1. The molecule has 0 unspecified atom stereocenters. The van der Waals surface area contributed by atoms with Crippen LogP contribution >= 0.6 is 0 Å². The summed E-state index contributed by atoms with van der Waals surface area (Å²) in [5, 5.41) is 12.8. The number of rotatable bonds is 5. The van der Waals surface area contributed by atoms with Gasteiger partial charge in [-0.2, -0.15) is 4.98 Å². The van der Waals surface area contributed by atoms with E-state index in [-0.39, 0.29) is 12.5 Å². The van der Waals surface area contributed by atoms with Gasteiger partial charge in [-0.25, -0.2) is 0 Å². The minimum absolute atomic E-state index is 0.119. The maximum atomic E-state index is 10.7. The Labute approximate surface area is 118 Å². The van der Waals surface area contributed by atoms with Crippen LogP contribution in [-0.2, 0) is 11.3 Å². The van der Waals surface area contributed by atoms with E-state index in [1.54, 1.807) is 0 Å². The van der Waals surface area contributed by atoms with Crippen LogP contribution in [0.1, 0.15) is 37.9 Å². The standard InChI is InChI=1S/C13H22N4O3/c1-10(2)13-14-11(15-20-13)8-16-4-3-5-17(7-6-16)9-12(18)19/h10H,3-9H2,1-2H3,(H,18,19). The Morgan fingerprint density at radius 1 is 1.30 bits per heavy atom. The third-order valence-corrected chi connectivity index (χ3v) is 3.38. The first-order valence-corrected chi connectivity index (χ1v) is 7.03. The number of carboxylic acid groups (broad SMARTS) is 1. The molecule has 0 atom stereocenters. The minimum Gasteiger partial charge on any atom is -0.480 e. The van der Waals surface area contributed by atoms with Crippen LogP contribution in [0.4, 0.5) is 0 Å². The van der Waals surface area contributed by atoms with E-state index >= 15 is 0 Å². The molecule has 1 aromatic heterocycles. The van der Waals surface area contributed by atoms with E-state index in [0.717, 1.165) is 32.6 Å². The van der Waals surface area contributed by atoms with Crippen molar-refractivity contribution in [3.05, 3.63) is 11.7 Å². The van der Waals surface area contributed by atoms with Crippen molar-refractivity contribution in [2.24, 2.45) is 0 Å². The molecule has 0 radical (unpaired) electrons. The van der Waals surface area contributed by atoms with Crippen molar-refractivity contribution in [2.45, 2.75) is 32.7 Å². The molecule has 1 saturated heterocycles. The lowest BCUT2D eigenvalue weighted by atomic mass is 10.2. The summed E-state index contributed by atoms with van der Waals surface area (Å²) in [5.74, 6) is 0.854. The van der Waals surface area contributed by atoms with Gasteiger partial charge in [0.15, 0.2) is 5.82 Å². The number of aliphatic carboxylic acids is 1. The summed E-state index contributed by atoms with van der Waals surface area (Å²) in [5.41, 5.74) is 0. The molecule has 0 aromatic carbocycles. The van der Waals surface area contributed by atoms with E-state index in [2.05, 4.69) is 15.0 Å². The highest BCUT2D eigenvalue weighted by molar-refractivity contribution is 5.69. The third-order valence-electron chi connectivity index (χ3n) is 3.38. The van der Waals surface area contributed by atoms with Gasteiger partial charge in [-0.3, -0.25) is 14.6 Å². The first-order chi connectivity index (χ1) is 9.54. The highest BCUT2D eigenvalue weighted by Crippen LogP contribution is 2.12. The molecule has 1 fully saturated rings. The van der Waals surface area contributed by atoms with Gasteiger partial charge in [0.2, 0.25) is 5.89 Å². The van der Waals surface area contributed by atoms with Gasteiger partial charge in [-0.1, -0.05) is 19.0 Å². The molecule has 0 bridgehead atoms. The molecule has 0 spiro atoms. The largest absolute Gasteiger partial charge is 0.480 e. The Hall–Kier alpha value is -1.47. The van der Waals surface area contributed by atoms with Crippen molar-refractivity contribution < 1.29 is 14.4 Å². The van der Waals surface area contributed by atoms with Crippen molar-refractivity contribution in [3.63, 3.8) is 0 Å². The number of nitrogens with zero attached hydrogens (tertiary/aromatic N) is 4. The van der Waals surface area contributed by atoms with E-state index in [9.17, 15) is 4.79 Å². The molecule has 1 N–H and O–H groups in total. The Bertz CT molecular complexity index is 447. The molecule has 7 nitrogen and oxygen atoms in total. The molecule has 1 aromatic rings. The zero-order valence-electron chi connectivity index (χ0n) is 12.1. The van der Waals surface area contributed by atoms with E-state index in [1.807, 2.05) is 18.7 Å². The third kappa shape index (κ3) is 4.28. The fraction of sp³-hybridized carbons (Fsp3) is 0.769. The summed E-state index contributed by atoms with van der Waals surface area (Å²) in [4.78, 5) is 19.3. The van der Waals surface area contributed by atoms with E-state index in [4.69, 9.17) is 9.63 Å². The number of hydrogen-bond acceptors (Lipinski definition) is 6. The van der Waals surface area contributed by atoms with Gasteiger partial charge in [0.25, 0.3) is 0 Å². The molecule has 7 heteroatoms. The van der Waals surface area contributed by atoms with Crippen LogP contribution in [0, 0.1) is 0 Å². The second kappa shape index (κ2) is 6.81. The molecule has 0 aliphatic carbocycles. The summed E-state index contributed by atoms with van der Waals surface area (Å²) >= 11 is 0. The Kier molecular flexibility index (Phi) is 5.08. The van der Waals surface area contributed by atoms with E-state index < -0.39 is 5.97 Å². The van der Waals surface area contributed by atoms with Crippen LogP contribution in [0.2, 0.25) is 0 Å². The van der Waals surface area contributed by atoms with Crippen LogP contribution in [-0.4, -0.2) is 63.7 Å². The van der Waals surface area contributed by atoms with Crippen LogP contribution in [0.15, 0.2) is 4.52 Å². The summed E-state index contributed by atoms with van der Waals surface area (Å²) in [6.07, 6.45) is 0.960. The summed E-state index contributed by atoms with van der Waals surface area (Å²) in [6.45, 7) is 8.18. The Balaban J connectivity index is 1.85. The maximum Gasteiger partial charge on any atom is 0.317 e. The first-order valence-electron chi connectivity index (χ1n) is 7.03. The van der Waals surface area contributed by atoms with Gasteiger partial charge < -0.3 is 9.63 Å². The fourth-order valence-corrected chi connectivity index (χ4v) is 2.30. The smallest absolute Gasteiger partial charge is 0.317 e. The highest BCUT2D eigenvalue weighted by Gasteiger charge is 2.18. The van der Waals surface area contributed by atoms with Gasteiger partial charge in [-0.15, -0.1) is 0 Å². The lowest BCUT2D eigenvalue weighted by Crippen LogP contribution is -2.34. The zero-order chi connectivity index (χ0) is 14.5. The van der Waals surface area contributed by atoms with Crippen LogP contribution in [0.25, 0.3) is 0 Å². The molecule has 20 heavy (non-hydrogen) atoms. The molecule has 1 aliphatic rings. The summed E-state index contributed by atoms with van der Waals surface area (Å²) in [6, 6.07) is 0. The van der Waals surface area contributed by atoms with E-state index in [1.165, 1.54) is 0 Å². The van der Waals surface area contributed by atoms with Crippen LogP contribution in [0.5, 0.6) is 0 Å². The second-order valence-corrected chi connectivity index (χ2v) is 5.50. The normalized spacial score (nSPS) is 18.4. The SMILES string of the molecule is CC(C)c1nc(CN2CCCN(CC(=O)O)CC2)no1. The molecule has 2 heterocycles. The predicted molar refractivity (Wildman–Crippen MR) is 72.4 cm³/mol. The van der Waals surface area contributed by atoms with Gasteiger partial charge in [0.1, 0.15) is 0 Å². The van der Waals surface area contributed by atoms with Crippen molar-refractivity contribution in [2.75, 3.05) is 32.7 Å².